The lowest BCUT2D eigenvalue weighted by Crippen LogP contribution is -2.07. The highest BCUT2D eigenvalue weighted by Gasteiger charge is 2.19. The molecule has 0 bridgehead atoms. The summed E-state index contributed by atoms with van der Waals surface area (Å²) in [6, 6.07) is 8.25. The van der Waals surface area contributed by atoms with Gasteiger partial charge in [0.15, 0.2) is 9.84 Å². The monoisotopic (exact) mass is 283 g/mol. The highest BCUT2D eigenvalue weighted by Crippen LogP contribution is 2.27. The maximum atomic E-state index is 12.3. The fourth-order valence-electron chi connectivity index (χ4n) is 1.57. The average molecular weight is 283 g/mol. The predicted molar refractivity (Wildman–Crippen MR) is 72.6 cm³/mol. The van der Waals surface area contributed by atoms with E-state index in [0.29, 0.717) is 5.75 Å². The normalized spacial score (nSPS) is 11.4. The smallest absolute Gasteiger partial charge is 0.185 e. The summed E-state index contributed by atoms with van der Waals surface area (Å²) >= 11 is 1.41. The van der Waals surface area contributed by atoms with E-state index >= 15 is 0 Å². The van der Waals surface area contributed by atoms with Crippen molar-refractivity contribution in [2.45, 2.75) is 10.6 Å². The van der Waals surface area contributed by atoms with Crippen molar-refractivity contribution < 1.29 is 13.2 Å². The van der Waals surface area contributed by atoms with Crippen LogP contribution in [0.5, 0.6) is 5.75 Å². The second-order valence-corrected chi connectivity index (χ2v) is 6.73. The van der Waals surface area contributed by atoms with Crippen LogP contribution in [0.3, 0.4) is 0 Å². The van der Waals surface area contributed by atoms with Gasteiger partial charge in [-0.3, -0.25) is 0 Å². The van der Waals surface area contributed by atoms with Crippen molar-refractivity contribution in [3.05, 3.63) is 40.6 Å². The molecule has 2 aromatic rings. The van der Waals surface area contributed by atoms with Gasteiger partial charge in [-0.05, 0) is 23.6 Å². The van der Waals surface area contributed by atoms with E-state index in [-0.39, 0.29) is 16.3 Å². The molecule has 0 fully saturated rings. The van der Waals surface area contributed by atoms with Crippen LogP contribution in [0.1, 0.15) is 4.88 Å². The van der Waals surface area contributed by atoms with E-state index in [2.05, 4.69) is 0 Å². The Bertz CT molecular complexity index is 633. The number of nitrogen functional groups attached to an aromatic ring is 1. The van der Waals surface area contributed by atoms with Gasteiger partial charge < -0.3 is 10.5 Å². The fraction of sp³-hybridized carbons (Fsp3) is 0.167. The third-order valence-electron chi connectivity index (χ3n) is 2.47. The number of rotatable bonds is 4. The number of hydrogen-bond acceptors (Lipinski definition) is 5. The van der Waals surface area contributed by atoms with Gasteiger partial charge in [0.1, 0.15) is 5.75 Å². The molecule has 0 saturated carbocycles. The van der Waals surface area contributed by atoms with Crippen molar-refractivity contribution in [3.8, 4) is 5.75 Å². The molecule has 0 aliphatic carbocycles. The van der Waals surface area contributed by atoms with Crippen molar-refractivity contribution in [3.63, 3.8) is 0 Å². The van der Waals surface area contributed by atoms with Gasteiger partial charge in [-0.2, -0.15) is 0 Å². The summed E-state index contributed by atoms with van der Waals surface area (Å²) < 4.78 is 29.5. The molecule has 1 aromatic carbocycles. The number of methoxy groups -OCH3 is 1. The van der Waals surface area contributed by atoms with Gasteiger partial charge in [0.25, 0.3) is 0 Å². The van der Waals surface area contributed by atoms with E-state index in [1.807, 2.05) is 11.4 Å². The maximum absolute atomic E-state index is 12.3. The molecule has 96 valence electrons. The van der Waals surface area contributed by atoms with Crippen molar-refractivity contribution in [2.24, 2.45) is 0 Å². The Labute approximate surface area is 110 Å². The zero-order valence-electron chi connectivity index (χ0n) is 9.79. The number of anilines is 1. The third-order valence-corrected chi connectivity index (χ3v) is 5.24. The van der Waals surface area contributed by atoms with Crippen molar-refractivity contribution in [2.75, 3.05) is 12.8 Å². The summed E-state index contributed by atoms with van der Waals surface area (Å²) in [5.74, 6) is 0.441. The fourth-order valence-corrected chi connectivity index (χ4v) is 4.15. The standard InChI is InChI=1S/C12H13NO3S2/c1-16-9-4-5-11(13)12(7-9)18(14,15)8-10-3-2-6-17-10/h2-7H,8,13H2,1H3. The largest absolute Gasteiger partial charge is 0.497 e. The van der Waals surface area contributed by atoms with E-state index in [1.54, 1.807) is 18.2 Å². The molecular formula is C12H13NO3S2. The van der Waals surface area contributed by atoms with Crippen LogP contribution in [0, 0.1) is 0 Å². The van der Waals surface area contributed by atoms with Crippen molar-refractivity contribution >= 4 is 26.9 Å². The van der Waals surface area contributed by atoms with Gasteiger partial charge in [-0.25, -0.2) is 8.42 Å². The van der Waals surface area contributed by atoms with Gasteiger partial charge in [-0.1, -0.05) is 6.07 Å². The Balaban J connectivity index is 2.40. The second kappa shape index (κ2) is 4.99. The molecule has 6 heteroatoms. The van der Waals surface area contributed by atoms with Crippen LogP contribution >= 0.6 is 11.3 Å². The van der Waals surface area contributed by atoms with Gasteiger partial charge in [0, 0.05) is 10.9 Å². The number of ether oxygens (including phenoxy) is 1. The Hall–Kier alpha value is -1.53. The molecule has 2 N–H and O–H groups in total. The zero-order chi connectivity index (χ0) is 13.2. The van der Waals surface area contributed by atoms with Crippen LogP contribution in [0.15, 0.2) is 40.6 Å². The summed E-state index contributed by atoms with van der Waals surface area (Å²) in [5.41, 5.74) is 5.97. The first-order chi connectivity index (χ1) is 8.53. The molecule has 0 spiro atoms. The minimum atomic E-state index is -3.44. The van der Waals surface area contributed by atoms with Crippen molar-refractivity contribution in [1.29, 1.82) is 0 Å². The molecule has 4 nitrogen and oxygen atoms in total. The number of sulfone groups is 1. The van der Waals surface area contributed by atoms with Crippen LogP contribution in [0.25, 0.3) is 0 Å². The van der Waals surface area contributed by atoms with E-state index in [0.717, 1.165) is 4.88 Å². The predicted octanol–water partition coefficient (Wildman–Crippen LogP) is 2.31. The lowest BCUT2D eigenvalue weighted by atomic mass is 10.3. The molecule has 1 heterocycles. The van der Waals surface area contributed by atoms with E-state index < -0.39 is 9.84 Å². The van der Waals surface area contributed by atoms with Gasteiger partial charge >= 0.3 is 0 Å². The minimum Gasteiger partial charge on any atom is -0.497 e. The number of hydrogen-bond donors (Lipinski definition) is 1. The van der Waals surface area contributed by atoms with Crippen molar-refractivity contribution in [1.82, 2.24) is 0 Å². The topological polar surface area (TPSA) is 69.4 Å². The van der Waals surface area contributed by atoms with E-state index in [9.17, 15) is 8.42 Å². The third kappa shape index (κ3) is 2.65. The first-order valence-electron chi connectivity index (χ1n) is 5.21. The SMILES string of the molecule is COc1ccc(N)c(S(=O)(=O)Cc2cccs2)c1. The van der Waals surface area contributed by atoms with Crippen LogP contribution in [0.2, 0.25) is 0 Å². The van der Waals surface area contributed by atoms with Gasteiger partial charge in [0.2, 0.25) is 0 Å². The summed E-state index contributed by atoms with van der Waals surface area (Å²) in [6.45, 7) is 0. The summed E-state index contributed by atoms with van der Waals surface area (Å²) in [4.78, 5) is 0.910. The molecule has 18 heavy (non-hydrogen) atoms. The molecule has 0 amide bonds. The first kappa shape index (κ1) is 12.9. The highest BCUT2D eigenvalue weighted by molar-refractivity contribution is 7.91. The molecule has 1 aromatic heterocycles. The molecule has 0 unspecified atom stereocenters. The minimum absolute atomic E-state index is 0.0396. The molecular weight excluding hydrogens is 270 g/mol. The molecule has 0 saturated heterocycles. The highest BCUT2D eigenvalue weighted by atomic mass is 32.2. The van der Waals surface area contributed by atoms with Crippen LogP contribution in [-0.2, 0) is 15.6 Å². The van der Waals surface area contributed by atoms with E-state index in [4.69, 9.17) is 10.5 Å². The molecule has 0 atom stereocenters. The summed E-state index contributed by atoms with van der Waals surface area (Å²) in [7, 11) is -1.95. The quantitative estimate of drug-likeness (QED) is 0.874. The molecule has 0 radical (unpaired) electrons. The van der Waals surface area contributed by atoms with Crippen LogP contribution in [0.4, 0.5) is 5.69 Å². The molecule has 0 aliphatic heterocycles. The summed E-state index contributed by atoms with van der Waals surface area (Å²) in [5, 5.41) is 1.85. The second-order valence-electron chi connectivity index (χ2n) is 3.74. The van der Waals surface area contributed by atoms with Crippen LogP contribution < -0.4 is 10.5 Å². The lowest BCUT2D eigenvalue weighted by Gasteiger charge is -2.08. The van der Waals surface area contributed by atoms with Gasteiger partial charge in [-0.15, -0.1) is 11.3 Å². The first-order valence-corrected chi connectivity index (χ1v) is 7.75. The summed E-state index contributed by atoms with van der Waals surface area (Å²) in [6.07, 6.45) is 0. The van der Waals surface area contributed by atoms with Crippen LogP contribution in [-0.4, -0.2) is 15.5 Å². The Morgan fingerprint density at radius 1 is 1.33 bits per heavy atom. The Kier molecular flexibility index (Phi) is 3.58. The number of benzene rings is 1. The maximum Gasteiger partial charge on any atom is 0.185 e. The Morgan fingerprint density at radius 3 is 2.72 bits per heavy atom. The number of thiophene rings is 1. The lowest BCUT2D eigenvalue weighted by molar-refractivity contribution is 0.413. The number of nitrogens with two attached hydrogens (primary N) is 1. The Morgan fingerprint density at radius 2 is 2.11 bits per heavy atom. The zero-order valence-corrected chi connectivity index (χ0v) is 11.4. The van der Waals surface area contributed by atoms with E-state index in [1.165, 1.54) is 24.5 Å². The van der Waals surface area contributed by atoms with Gasteiger partial charge in [0.05, 0.1) is 23.4 Å². The molecule has 0 aliphatic rings. The molecule has 2 rings (SSSR count). The average Bonchev–Trinajstić information content (AvgIpc) is 2.81.